The van der Waals surface area contributed by atoms with Crippen molar-refractivity contribution in [2.75, 3.05) is 0 Å². The summed E-state index contributed by atoms with van der Waals surface area (Å²) in [6, 6.07) is 0. The van der Waals surface area contributed by atoms with E-state index in [1.54, 1.807) is 0 Å². The van der Waals surface area contributed by atoms with Gasteiger partial charge in [0.05, 0.1) is 0 Å². The molecule has 0 saturated heterocycles. The normalized spacial score (nSPS) is 14.2. The van der Waals surface area contributed by atoms with Crippen LogP contribution in [0.25, 0.3) is 0 Å². The monoisotopic (exact) mass is 104 g/mol. The van der Waals surface area contributed by atoms with Crippen molar-refractivity contribution < 1.29 is 0 Å². The molecule has 0 spiro atoms. The van der Waals surface area contributed by atoms with E-state index < -0.39 is 0 Å². The second-order valence-electron chi connectivity index (χ2n) is 1.69. The summed E-state index contributed by atoms with van der Waals surface area (Å²) in [5.41, 5.74) is 4.29. The first-order valence-electron chi connectivity index (χ1n) is 2.66. The van der Waals surface area contributed by atoms with Gasteiger partial charge < -0.3 is 0 Å². The van der Waals surface area contributed by atoms with Crippen LogP contribution in [0.5, 0.6) is 0 Å². The van der Waals surface area contributed by atoms with Gasteiger partial charge in [-0.05, 0) is 18.1 Å². The third kappa shape index (κ3) is 0.988. The van der Waals surface area contributed by atoms with Gasteiger partial charge in [-0.15, -0.1) is 12.3 Å². The molecule has 0 saturated carbocycles. The highest BCUT2D eigenvalue weighted by Gasteiger charge is 1.87. The molecule has 1 aliphatic rings. The van der Waals surface area contributed by atoms with E-state index in [9.17, 15) is 0 Å². The van der Waals surface area contributed by atoms with Crippen molar-refractivity contribution >= 4 is 0 Å². The van der Waals surface area contributed by atoms with E-state index in [1.807, 2.05) is 24.3 Å². The fraction of sp³-hybridized carbons (Fsp3) is 0.125. The van der Waals surface area contributed by atoms with Crippen LogP contribution in [0.15, 0.2) is 42.2 Å². The van der Waals surface area contributed by atoms with Crippen molar-refractivity contribution in [2.24, 2.45) is 0 Å². The summed E-state index contributed by atoms with van der Waals surface area (Å²) in [6.07, 6.45) is 8.76. The molecule has 0 amide bonds. The lowest BCUT2D eigenvalue weighted by molar-refractivity contribution is 1.31. The van der Waals surface area contributed by atoms with Gasteiger partial charge in [-0.2, -0.15) is 0 Å². The quantitative estimate of drug-likeness (QED) is 0.372. The molecule has 1 rings (SSSR count). The van der Waals surface area contributed by atoms with Crippen LogP contribution in [0, 0.1) is 0 Å². The Morgan fingerprint density at radius 1 is 1.75 bits per heavy atom. The summed E-state index contributed by atoms with van der Waals surface area (Å²) < 4.78 is 0. The maximum Gasteiger partial charge on any atom is -0.00226 e. The van der Waals surface area contributed by atoms with E-state index in [2.05, 4.69) is 12.3 Å². The molecule has 0 bridgehead atoms. The van der Waals surface area contributed by atoms with E-state index in [0.29, 0.717) is 0 Å². The van der Waals surface area contributed by atoms with E-state index in [0.717, 1.165) is 6.42 Å². The largest absolute Gasteiger partial charge is 0.117 e. The fourth-order valence-electron chi connectivity index (χ4n) is 0.650. The number of rotatable bonds is 2. The Morgan fingerprint density at radius 3 is 3.12 bits per heavy atom. The van der Waals surface area contributed by atoms with Crippen LogP contribution in [-0.4, -0.2) is 0 Å². The van der Waals surface area contributed by atoms with Crippen LogP contribution < -0.4 is 0 Å². The Hall–Kier alpha value is -1.00. The summed E-state index contributed by atoms with van der Waals surface area (Å²) in [4.78, 5) is 0. The highest BCUT2D eigenvalue weighted by atomic mass is 13.9. The summed E-state index contributed by atoms with van der Waals surface area (Å²) in [7, 11) is 0. The van der Waals surface area contributed by atoms with E-state index >= 15 is 0 Å². The Kier molecular flexibility index (Phi) is 1.51. The summed E-state index contributed by atoms with van der Waals surface area (Å²) in [5.74, 6) is 0. The van der Waals surface area contributed by atoms with Crippen LogP contribution in [-0.2, 0) is 0 Å². The third-order valence-electron chi connectivity index (χ3n) is 1.03. The van der Waals surface area contributed by atoms with Gasteiger partial charge in [-0.1, -0.05) is 18.2 Å². The molecule has 0 unspecified atom stereocenters. The van der Waals surface area contributed by atoms with Crippen LogP contribution in [0.3, 0.4) is 0 Å². The molecule has 1 aliphatic carbocycles. The molecule has 0 aromatic carbocycles. The van der Waals surface area contributed by atoms with Crippen LogP contribution in [0.1, 0.15) is 6.42 Å². The van der Waals surface area contributed by atoms with Gasteiger partial charge in [-0.3, -0.25) is 0 Å². The van der Waals surface area contributed by atoms with Crippen molar-refractivity contribution in [1.29, 1.82) is 0 Å². The predicted octanol–water partition coefficient (Wildman–Crippen LogP) is 2.21. The molecule has 0 atom stereocenters. The maximum atomic E-state index is 3.62. The zero-order valence-corrected chi connectivity index (χ0v) is 4.72. The molecule has 0 heterocycles. The average molecular weight is 104 g/mol. The molecule has 0 radical (unpaired) electrons. The van der Waals surface area contributed by atoms with Gasteiger partial charge in [0, 0.05) is 0 Å². The number of hydrogen-bond donors (Lipinski definition) is 0. The van der Waals surface area contributed by atoms with Crippen molar-refractivity contribution in [3.63, 3.8) is 0 Å². The van der Waals surface area contributed by atoms with Crippen molar-refractivity contribution in [2.45, 2.75) is 6.42 Å². The Bertz CT molecular complexity index is 176. The van der Waals surface area contributed by atoms with Gasteiger partial charge in [-0.25, -0.2) is 0 Å². The SMILES string of the molecule is C=CCC1=C=CC=C1. The maximum absolute atomic E-state index is 3.62. The molecule has 40 valence electrons. The molecule has 0 aromatic heterocycles. The average Bonchev–Trinajstić information content (AvgIpc) is 2.19. The van der Waals surface area contributed by atoms with Gasteiger partial charge >= 0.3 is 0 Å². The van der Waals surface area contributed by atoms with Gasteiger partial charge in [0.1, 0.15) is 0 Å². The second-order valence-corrected chi connectivity index (χ2v) is 1.69. The van der Waals surface area contributed by atoms with Crippen molar-refractivity contribution in [1.82, 2.24) is 0 Å². The molecular weight excluding hydrogens is 96.1 g/mol. The molecule has 0 heteroatoms. The minimum Gasteiger partial charge on any atom is -0.117 e. The molecule has 0 nitrogen and oxygen atoms in total. The first-order chi connectivity index (χ1) is 3.93. The lowest BCUT2D eigenvalue weighted by atomic mass is 10.2. The van der Waals surface area contributed by atoms with Crippen LogP contribution >= 0.6 is 0 Å². The highest BCUT2D eigenvalue weighted by Crippen LogP contribution is 2.05. The first kappa shape index (κ1) is 5.14. The molecule has 0 aliphatic heterocycles. The van der Waals surface area contributed by atoms with Crippen LogP contribution in [0.4, 0.5) is 0 Å². The Morgan fingerprint density at radius 2 is 2.62 bits per heavy atom. The summed E-state index contributed by atoms with van der Waals surface area (Å²) in [5, 5.41) is 0. The topological polar surface area (TPSA) is 0 Å². The molecular formula is C8H8. The Balaban J connectivity index is 2.60. The number of hydrogen-bond acceptors (Lipinski definition) is 0. The molecule has 8 heavy (non-hydrogen) atoms. The fourth-order valence-corrected chi connectivity index (χ4v) is 0.650. The minimum absolute atomic E-state index is 0.938. The zero-order valence-electron chi connectivity index (χ0n) is 4.72. The number of allylic oxidation sites excluding steroid dienone is 4. The molecule has 0 fully saturated rings. The molecule has 0 aromatic rings. The van der Waals surface area contributed by atoms with Crippen LogP contribution in [0.2, 0.25) is 0 Å². The first-order valence-corrected chi connectivity index (χ1v) is 2.66. The van der Waals surface area contributed by atoms with Crippen molar-refractivity contribution in [3.8, 4) is 0 Å². The van der Waals surface area contributed by atoms with Gasteiger partial charge in [0.15, 0.2) is 0 Å². The molecule has 0 N–H and O–H groups in total. The Labute approximate surface area is 49.5 Å². The summed E-state index contributed by atoms with van der Waals surface area (Å²) in [6.45, 7) is 3.62. The standard InChI is InChI=1S/C8H8/c1-2-5-8-6-3-4-7-8/h2-4,6H,1,5H2. The smallest absolute Gasteiger partial charge is 0.00226 e. The lowest BCUT2D eigenvalue weighted by Gasteiger charge is -1.83. The van der Waals surface area contributed by atoms with Crippen molar-refractivity contribution in [3.05, 3.63) is 42.2 Å². The third-order valence-corrected chi connectivity index (χ3v) is 1.03. The zero-order chi connectivity index (χ0) is 5.82. The van der Waals surface area contributed by atoms with Gasteiger partial charge in [0.25, 0.3) is 0 Å². The lowest BCUT2D eigenvalue weighted by Crippen LogP contribution is -1.65. The second kappa shape index (κ2) is 2.34. The van der Waals surface area contributed by atoms with E-state index in [-0.39, 0.29) is 0 Å². The summed E-state index contributed by atoms with van der Waals surface area (Å²) >= 11 is 0. The predicted molar refractivity (Wildman–Crippen MR) is 35.5 cm³/mol. The van der Waals surface area contributed by atoms with E-state index in [1.165, 1.54) is 5.57 Å². The minimum atomic E-state index is 0.938. The highest BCUT2D eigenvalue weighted by molar-refractivity contribution is 5.30. The van der Waals surface area contributed by atoms with E-state index in [4.69, 9.17) is 0 Å². The van der Waals surface area contributed by atoms with Gasteiger partial charge in [0.2, 0.25) is 0 Å².